The van der Waals surface area contributed by atoms with Crippen molar-refractivity contribution in [3.63, 3.8) is 0 Å². The molecule has 3 nitrogen and oxygen atoms in total. The molecule has 0 saturated heterocycles. The minimum absolute atomic E-state index is 0.0536. The van der Waals surface area contributed by atoms with Crippen LogP contribution < -0.4 is 10.5 Å². The molecule has 0 aromatic heterocycles. The highest BCUT2D eigenvalue weighted by molar-refractivity contribution is 9.10. The van der Waals surface area contributed by atoms with Crippen LogP contribution in [-0.2, 0) is 16.6 Å². The normalized spacial score (nSPS) is 12.2. The van der Waals surface area contributed by atoms with Crippen molar-refractivity contribution in [1.29, 1.82) is 0 Å². The molecule has 0 radical (unpaired) electrons. The molecule has 0 amide bonds. The van der Waals surface area contributed by atoms with Crippen molar-refractivity contribution in [3.8, 4) is 5.75 Å². The first-order valence-corrected chi connectivity index (χ1v) is 7.88. The molecule has 0 aliphatic carbocycles. The summed E-state index contributed by atoms with van der Waals surface area (Å²) in [6, 6.07) is 9.67. The Kier molecular flexibility index (Phi) is 4.77. The van der Waals surface area contributed by atoms with Crippen LogP contribution >= 0.6 is 15.9 Å². The third kappa shape index (κ3) is 3.37. The molecule has 0 heterocycles. The number of hydrogen-bond donors (Lipinski definition) is 1. The van der Waals surface area contributed by atoms with Crippen LogP contribution in [0.25, 0.3) is 0 Å². The van der Waals surface area contributed by atoms with E-state index in [4.69, 9.17) is 10.5 Å². The van der Waals surface area contributed by atoms with E-state index < -0.39 is 16.6 Å². The standard InChI is InChI=1S/C14H13BrFNO2S/c1-19-14-5-2-9(6-11(14)15)8-20(18)10-3-4-13(17)12(16)7-10/h2-7H,8,17H2,1H3. The lowest BCUT2D eigenvalue weighted by Crippen LogP contribution is -1.99. The zero-order valence-electron chi connectivity index (χ0n) is 10.7. The predicted octanol–water partition coefficient (Wildman–Crippen LogP) is 3.49. The van der Waals surface area contributed by atoms with Crippen LogP contribution in [0.5, 0.6) is 5.75 Å². The monoisotopic (exact) mass is 357 g/mol. The summed E-state index contributed by atoms with van der Waals surface area (Å²) in [4.78, 5) is 0.420. The van der Waals surface area contributed by atoms with E-state index in [-0.39, 0.29) is 5.69 Å². The number of nitrogen functional groups attached to an aromatic ring is 1. The summed E-state index contributed by atoms with van der Waals surface area (Å²) in [7, 11) is 0.251. The van der Waals surface area contributed by atoms with Crippen molar-refractivity contribution in [3.05, 3.63) is 52.3 Å². The van der Waals surface area contributed by atoms with Gasteiger partial charge in [0, 0.05) is 4.90 Å². The van der Waals surface area contributed by atoms with Crippen LogP contribution in [-0.4, -0.2) is 11.3 Å². The Morgan fingerprint density at radius 1 is 1.30 bits per heavy atom. The second-order valence-corrected chi connectivity index (χ2v) is 6.45. The third-order valence-corrected chi connectivity index (χ3v) is 4.74. The summed E-state index contributed by atoms with van der Waals surface area (Å²) >= 11 is 3.37. The van der Waals surface area contributed by atoms with Crippen LogP contribution in [0.15, 0.2) is 45.8 Å². The number of methoxy groups -OCH3 is 1. The van der Waals surface area contributed by atoms with Gasteiger partial charge in [-0.25, -0.2) is 4.39 Å². The third-order valence-electron chi connectivity index (χ3n) is 2.75. The molecule has 0 saturated carbocycles. The maximum atomic E-state index is 13.4. The summed E-state index contributed by atoms with van der Waals surface area (Å²) in [5.41, 5.74) is 6.32. The Labute approximate surface area is 127 Å². The number of ether oxygens (including phenoxy) is 1. The lowest BCUT2D eigenvalue weighted by Gasteiger charge is -2.07. The summed E-state index contributed by atoms with van der Waals surface area (Å²) in [5.74, 6) is 0.455. The number of rotatable bonds is 4. The molecule has 0 aliphatic heterocycles. The molecule has 1 unspecified atom stereocenters. The number of anilines is 1. The minimum Gasteiger partial charge on any atom is -0.496 e. The van der Waals surface area contributed by atoms with Gasteiger partial charge in [-0.3, -0.25) is 4.21 Å². The van der Waals surface area contributed by atoms with E-state index in [0.29, 0.717) is 16.4 Å². The van der Waals surface area contributed by atoms with E-state index >= 15 is 0 Å². The quantitative estimate of drug-likeness (QED) is 0.852. The molecule has 0 fully saturated rings. The van der Waals surface area contributed by atoms with Crippen molar-refractivity contribution in [2.45, 2.75) is 10.6 Å². The van der Waals surface area contributed by atoms with Crippen molar-refractivity contribution in [2.75, 3.05) is 12.8 Å². The fourth-order valence-corrected chi connectivity index (χ4v) is 3.38. The average Bonchev–Trinajstić information content (AvgIpc) is 2.42. The van der Waals surface area contributed by atoms with Gasteiger partial charge in [0.15, 0.2) is 0 Å². The molecule has 1 atom stereocenters. The van der Waals surface area contributed by atoms with Gasteiger partial charge in [-0.2, -0.15) is 0 Å². The van der Waals surface area contributed by atoms with E-state index in [1.807, 2.05) is 12.1 Å². The van der Waals surface area contributed by atoms with Crippen LogP contribution in [0.3, 0.4) is 0 Å². The fraction of sp³-hybridized carbons (Fsp3) is 0.143. The van der Waals surface area contributed by atoms with Gasteiger partial charge < -0.3 is 10.5 Å². The van der Waals surface area contributed by atoms with Crippen LogP contribution in [0.4, 0.5) is 10.1 Å². The lowest BCUT2D eigenvalue weighted by molar-refractivity contribution is 0.412. The summed E-state index contributed by atoms with van der Waals surface area (Å²) in [5, 5.41) is 0. The first kappa shape index (κ1) is 15.0. The molecule has 6 heteroatoms. The van der Waals surface area contributed by atoms with Gasteiger partial charge in [0.05, 0.1) is 33.8 Å². The van der Waals surface area contributed by atoms with E-state index in [9.17, 15) is 8.60 Å². The van der Waals surface area contributed by atoms with Gasteiger partial charge in [-0.05, 0) is 51.8 Å². The number of hydrogen-bond acceptors (Lipinski definition) is 3. The smallest absolute Gasteiger partial charge is 0.147 e. The van der Waals surface area contributed by atoms with Crippen LogP contribution in [0.1, 0.15) is 5.56 Å². The highest BCUT2D eigenvalue weighted by Gasteiger charge is 2.09. The zero-order valence-corrected chi connectivity index (χ0v) is 13.1. The Morgan fingerprint density at radius 2 is 2.05 bits per heavy atom. The van der Waals surface area contributed by atoms with Crippen LogP contribution in [0.2, 0.25) is 0 Å². The number of nitrogens with two attached hydrogens (primary N) is 1. The van der Waals surface area contributed by atoms with Crippen molar-refractivity contribution in [1.82, 2.24) is 0 Å². The lowest BCUT2D eigenvalue weighted by atomic mass is 10.2. The summed E-state index contributed by atoms with van der Waals surface area (Å²) in [6.07, 6.45) is 0. The molecule has 20 heavy (non-hydrogen) atoms. The van der Waals surface area contributed by atoms with E-state index in [1.54, 1.807) is 19.2 Å². The Balaban J connectivity index is 2.19. The maximum Gasteiger partial charge on any atom is 0.147 e. The first-order valence-electron chi connectivity index (χ1n) is 5.77. The average molecular weight is 358 g/mol. The van der Waals surface area contributed by atoms with Crippen molar-refractivity contribution >= 4 is 32.4 Å². The molecule has 2 N–H and O–H groups in total. The van der Waals surface area contributed by atoms with Gasteiger partial charge in [-0.1, -0.05) is 6.07 Å². The van der Waals surface area contributed by atoms with Gasteiger partial charge >= 0.3 is 0 Å². The minimum atomic E-state index is -1.33. The van der Waals surface area contributed by atoms with Gasteiger partial charge in [-0.15, -0.1) is 0 Å². The Morgan fingerprint density at radius 3 is 2.65 bits per heavy atom. The number of halogens is 2. The Bertz CT molecular complexity index is 664. The zero-order chi connectivity index (χ0) is 14.7. The van der Waals surface area contributed by atoms with E-state index in [1.165, 1.54) is 12.1 Å². The predicted molar refractivity (Wildman–Crippen MR) is 81.6 cm³/mol. The van der Waals surface area contributed by atoms with E-state index in [2.05, 4.69) is 15.9 Å². The van der Waals surface area contributed by atoms with E-state index in [0.717, 1.165) is 10.0 Å². The number of benzene rings is 2. The van der Waals surface area contributed by atoms with Crippen molar-refractivity contribution in [2.24, 2.45) is 0 Å². The molecule has 2 rings (SSSR count). The van der Waals surface area contributed by atoms with Gasteiger partial charge in [0.2, 0.25) is 0 Å². The molecule has 2 aromatic carbocycles. The van der Waals surface area contributed by atoms with Gasteiger partial charge in [0.25, 0.3) is 0 Å². The largest absolute Gasteiger partial charge is 0.496 e. The molecular weight excluding hydrogens is 345 g/mol. The SMILES string of the molecule is COc1ccc(CS(=O)c2ccc(N)c(F)c2)cc1Br. The highest BCUT2D eigenvalue weighted by atomic mass is 79.9. The second-order valence-electron chi connectivity index (χ2n) is 4.14. The fourth-order valence-electron chi connectivity index (χ4n) is 1.68. The summed E-state index contributed by atoms with van der Waals surface area (Å²) in [6.45, 7) is 0. The molecule has 0 aliphatic rings. The molecule has 2 aromatic rings. The molecule has 106 valence electrons. The highest BCUT2D eigenvalue weighted by Crippen LogP contribution is 2.27. The summed E-state index contributed by atoms with van der Waals surface area (Å²) < 4.78 is 31.5. The Hall–Kier alpha value is -1.40. The maximum absolute atomic E-state index is 13.4. The second kappa shape index (κ2) is 6.37. The van der Waals surface area contributed by atoms with Crippen LogP contribution in [0, 0.1) is 5.82 Å². The molecule has 0 bridgehead atoms. The molecular formula is C14H13BrFNO2S. The first-order chi connectivity index (χ1) is 9.51. The topological polar surface area (TPSA) is 52.3 Å². The van der Waals surface area contributed by atoms with Crippen molar-refractivity contribution < 1.29 is 13.3 Å². The molecule has 0 spiro atoms. The van der Waals surface area contributed by atoms with Gasteiger partial charge in [0.1, 0.15) is 11.6 Å².